The monoisotopic (exact) mass is 350 g/mol. The largest absolute Gasteiger partial charge is 0.395 e. The van der Waals surface area contributed by atoms with Gasteiger partial charge in [0.05, 0.1) is 12.3 Å². The molecule has 1 aromatic carbocycles. The lowest BCUT2D eigenvalue weighted by Gasteiger charge is -2.24. The second-order valence-corrected chi connectivity index (χ2v) is 5.78. The van der Waals surface area contributed by atoms with Crippen LogP contribution >= 0.6 is 15.9 Å². The zero-order valence-corrected chi connectivity index (χ0v) is 13.3. The minimum absolute atomic E-state index is 0.0628. The Morgan fingerprint density at radius 2 is 1.90 bits per heavy atom. The summed E-state index contributed by atoms with van der Waals surface area (Å²) in [6.45, 7) is 1.70. The number of aliphatic hydroxyl groups excluding tert-OH is 2. The lowest BCUT2D eigenvalue weighted by atomic mass is 10.1. The summed E-state index contributed by atoms with van der Waals surface area (Å²) in [7, 11) is 0. The van der Waals surface area contributed by atoms with Gasteiger partial charge in [-0.2, -0.15) is 0 Å². The van der Waals surface area contributed by atoms with E-state index in [4.69, 9.17) is 0 Å². The van der Waals surface area contributed by atoms with E-state index in [2.05, 4.69) is 20.9 Å². The molecule has 1 heterocycles. The zero-order chi connectivity index (χ0) is 15.1. The Labute approximate surface area is 133 Å². The van der Waals surface area contributed by atoms with Crippen molar-refractivity contribution in [3.05, 3.63) is 64.4 Å². The molecule has 2 rings (SSSR count). The lowest BCUT2D eigenvalue weighted by molar-refractivity contribution is 0.0929. The molecule has 0 saturated carbocycles. The molecule has 5 heteroatoms. The fraction of sp³-hybridized carbons (Fsp3) is 0.312. The van der Waals surface area contributed by atoms with Gasteiger partial charge in [-0.3, -0.25) is 9.88 Å². The van der Waals surface area contributed by atoms with Crippen molar-refractivity contribution in [2.24, 2.45) is 0 Å². The van der Waals surface area contributed by atoms with Gasteiger partial charge in [0.2, 0.25) is 0 Å². The molecule has 0 aliphatic carbocycles. The third kappa shape index (κ3) is 5.21. The third-order valence-electron chi connectivity index (χ3n) is 3.19. The topological polar surface area (TPSA) is 56.6 Å². The summed E-state index contributed by atoms with van der Waals surface area (Å²) in [6.07, 6.45) is 1.000. The van der Waals surface area contributed by atoms with Gasteiger partial charge in [0.1, 0.15) is 6.10 Å². The van der Waals surface area contributed by atoms with Gasteiger partial charge in [-0.1, -0.05) is 30.3 Å². The number of hydrogen-bond acceptors (Lipinski definition) is 4. The molecule has 4 nitrogen and oxygen atoms in total. The van der Waals surface area contributed by atoms with Crippen LogP contribution in [-0.2, 0) is 6.54 Å². The number of pyridine rings is 1. The van der Waals surface area contributed by atoms with Gasteiger partial charge in [-0.15, -0.1) is 0 Å². The minimum Gasteiger partial charge on any atom is -0.395 e. The number of nitrogens with zero attached hydrogens (tertiary/aromatic N) is 2. The smallest absolute Gasteiger partial charge is 0.109 e. The van der Waals surface area contributed by atoms with Crippen LogP contribution in [-0.4, -0.2) is 39.8 Å². The summed E-state index contributed by atoms with van der Waals surface area (Å²) in [5.41, 5.74) is 1.79. The number of aromatic nitrogens is 1. The molecule has 0 radical (unpaired) electrons. The molecule has 0 amide bonds. The molecule has 2 aromatic rings. The molecule has 1 aromatic heterocycles. The van der Waals surface area contributed by atoms with E-state index in [1.807, 2.05) is 41.3 Å². The van der Waals surface area contributed by atoms with E-state index in [0.29, 0.717) is 25.3 Å². The van der Waals surface area contributed by atoms with Gasteiger partial charge in [0.25, 0.3) is 0 Å². The summed E-state index contributed by atoms with van der Waals surface area (Å²) in [6, 6.07) is 13.7. The maximum absolute atomic E-state index is 10.3. The van der Waals surface area contributed by atoms with Crippen molar-refractivity contribution in [3.63, 3.8) is 0 Å². The van der Waals surface area contributed by atoms with Gasteiger partial charge < -0.3 is 10.2 Å². The number of rotatable bonds is 7. The van der Waals surface area contributed by atoms with Crippen LogP contribution in [0.15, 0.2) is 53.1 Å². The van der Waals surface area contributed by atoms with Crippen LogP contribution in [0.2, 0.25) is 0 Å². The fourth-order valence-electron chi connectivity index (χ4n) is 2.14. The van der Waals surface area contributed by atoms with Crippen LogP contribution < -0.4 is 0 Å². The average molecular weight is 351 g/mol. The highest BCUT2D eigenvalue weighted by Gasteiger charge is 2.14. The molecule has 2 N–H and O–H groups in total. The van der Waals surface area contributed by atoms with Crippen LogP contribution in [0.25, 0.3) is 0 Å². The van der Waals surface area contributed by atoms with E-state index in [0.717, 1.165) is 10.0 Å². The maximum Gasteiger partial charge on any atom is 0.109 e. The summed E-state index contributed by atoms with van der Waals surface area (Å²) < 4.78 is 0.884. The number of benzene rings is 1. The van der Waals surface area contributed by atoms with E-state index in [1.54, 1.807) is 12.3 Å². The predicted octanol–water partition coefficient (Wildman–Crippen LogP) is 2.37. The molecule has 0 aliphatic rings. The molecular weight excluding hydrogens is 332 g/mol. The molecule has 0 spiro atoms. The first-order chi connectivity index (χ1) is 10.2. The van der Waals surface area contributed by atoms with Crippen LogP contribution in [0.5, 0.6) is 0 Å². The summed E-state index contributed by atoms with van der Waals surface area (Å²) in [4.78, 5) is 6.23. The lowest BCUT2D eigenvalue weighted by Crippen LogP contribution is -2.31. The Kier molecular flexibility index (Phi) is 6.32. The van der Waals surface area contributed by atoms with Crippen molar-refractivity contribution in [1.82, 2.24) is 9.88 Å². The van der Waals surface area contributed by atoms with E-state index >= 15 is 0 Å². The van der Waals surface area contributed by atoms with Gasteiger partial charge in [0.15, 0.2) is 0 Å². The Morgan fingerprint density at radius 1 is 1.14 bits per heavy atom. The quantitative estimate of drug-likeness (QED) is 0.804. The first-order valence-electron chi connectivity index (χ1n) is 6.85. The molecule has 0 bridgehead atoms. The van der Waals surface area contributed by atoms with E-state index in [9.17, 15) is 10.2 Å². The number of hydrogen-bond donors (Lipinski definition) is 2. The standard InChI is InChI=1S/C16H19BrN2O2/c17-14-6-7-15(18-10-14)16(21)12-19(8-9-20)11-13-4-2-1-3-5-13/h1-7,10,16,20-21H,8-9,11-12H2/t16-/m0/s1. The minimum atomic E-state index is -0.673. The van der Waals surface area contributed by atoms with Crippen LogP contribution in [0.3, 0.4) is 0 Å². The highest BCUT2D eigenvalue weighted by atomic mass is 79.9. The van der Waals surface area contributed by atoms with Crippen molar-refractivity contribution in [3.8, 4) is 0 Å². The SMILES string of the molecule is OCCN(Cc1ccccc1)C[C@H](O)c1ccc(Br)cn1. The second kappa shape index (κ2) is 8.24. The van der Waals surface area contributed by atoms with Crippen molar-refractivity contribution in [2.45, 2.75) is 12.6 Å². The zero-order valence-electron chi connectivity index (χ0n) is 11.7. The van der Waals surface area contributed by atoms with Gasteiger partial charge in [-0.05, 0) is 33.6 Å². The Morgan fingerprint density at radius 3 is 2.52 bits per heavy atom. The summed E-state index contributed by atoms with van der Waals surface area (Å²) in [5, 5.41) is 19.5. The normalized spacial score (nSPS) is 12.6. The fourth-order valence-corrected chi connectivity index (χ4v) is 2.37. The van der Waals surface area contributed by atoms with Gasteiger partial charge >= 0.3 is 0 Å². The van der Waals surface area contributed by atoms with E-state index < -0.39 is 6.10 Å². The van der Waals surface area contributed by atoms with Crippen LogP contribution in [0.4, 0.5) is 0 Å². The highest BCUT2D eigenvalue weighted by molar-refractivity contribution is 9.10. The Balaban J connectivity index is 2.00. The molecule has 0 unspecified atom stereocenters. The Hall–Kier alpha value is -1.27. The van der Waals surface area contributed by atoms with Crippen molar-refractivity contribution in [2.75, 3.05) is 19.7 Å². The molecule has 0 aliphatic heterocycles. The van der Waals surface area contributed by atoms with Crippen LogP contribution in [0.1, 0.15) is 17.4 Å². The van der Waals surface area contributed by atoms with Gasteiger partial charge in [-0.25, -0.2) is 0 Å². The molecule has 112 valence electrons. The van der Waals surface area contributed by atoms with Crippen molar-refractivity contribution < 1.29 is 10.2 Å². The Bertz CT molecular complexity index is 534. The molecular formula is C16H19BrN2O2. The van der Waals surface area contributed by atoms with Crippen LogP contribution in [0, 0.1) is 0 Å². The first-order valence-corrected chi connectivity index (χ1v) is 7.65. The number of aliphatic hydroxyl groups is 2. The van der Waals surface area contributed by atoms with E-state index in [1.165, 1.54) is 0 Å². The van der Waals surface area contributed by atoms with E-state index in [-0.39, 0.29) is 6.61 Å². The molecule has 21 heavy (non-hydrogen) atoms. The molecule has 0 saturated heterocycles. The summed E-state index contributed by atoms with van der Waals surface area (Å²) in [5.74, 6) is 0. The van der Waals surface area contributed by atoms with Crippen molar-refractivity contribution in [1.29, 1.82) is 0 Å². The predicted molar refractivity (Wildman–Crippen MR) is 85.7 cm³/mol. The highest BCUT2D eigenvalue weighted by Crippen LogP contribution is 2.16. The summed E-state index contributed by atoms with van der Waals surface area (Å²) >= 11 is 3.33. The molecule has 0 fully saturated rings. The number of halogens is 1. The van der Waals surface area contributed by atoms with Gasteiger partial charge in [0, 0.05) is 30.3 Å². The maximum atomic E-state index is 10.3. The molecule has 1 atom stereocenters. The van der Waals surface area contributed by atoms with Crippen molar-refractivity contribution >= 4 is 15.9 Å². The first kappa shape index (κ1) is 16.1. The average Bonchev–Trinajstić information content (AvgIpc) is 2.49. The third-order valence-corrected chi connectivity index (χ3v) is 3.66. The second-order valence-electron chi connectivity index (χ2n) is 4.86.